The first-order valence-electron chi connectivity index (χ1n) is 12.5. The van der Waals surface area contributed by atoms with Gasteiger partial charge in [0.15, 0.2) is 5.82 Å². The van der Waals surface area contributed by atoms with Gasteiger partial charge in [0.1, 0.15) is 0 Å². The maximum absolute atomic E-state index is 6.05. The van der Waals surface area contributed by atoms with E-state index in [2.05, 4.69) is 104 Å². The molecule has 5 rings (SSSR count). The van der Waals surface area contributed by atoms with Crippen molar-refractivity contribution >= 4 is 17.7 Å². The summed E-state index contributed by atoms with van der Waals surface area (Å²) >= 11 is 6.05. The van der Waals surface area contributed by atoms with Crippen molar-refractivity contribution < 1.29 is 0 Å². The number of hydrogen-bond donors (Lipinski definition) is 0. The lowest BCUT2D eigenvalue weighted by Crippen LogP contribution is -2.48. The highest BCUT2D eigenvalue weighted by Crippen LogP contribution is 2.28. The van der Waals surface area contributed by atoms with Gasteiger partial charge >= 0.3 is 0 Å². The molecule has 36 heavy (non-hydrogen) atoms. The number of aryl methyl sites for hydroxylation is 2. The van der Waals surface area contributed by atoms with Crippen LogP contribution in [0.4, 0.5) is 0 Å². The predicted molar refractivity (Wildman–Crippen MR) is 145 cm³/mol. The van der Waals surface area contributed by atoms with Gasteiger partial charge in [0.25, 0.3) is 0 Å². The molecule has 0 radical (unpaired) electrons. The summed E-state index contributed by atoms with van der Waals surface area (Å²) in [5.41, 5.74) is 3.68. The summed E-state index contributed by atoms with van der Waals surface area (Å²) in [4.78, 5) is 5.01. The molecule has 1 atom stereocenters. The van der Waals surface area contributed by atoms with Gasteiger partial charge in [-0.15, -0.1) is 5.10 Å². The Balaban J connectivity index is 1.27. The molecule has 7 heteroatoms. The van der Waals surface area contributed by atoms with E-state index in [1.54, 1.807) is 0 Å². The smallest absolute Gasteiger partial charge is 0.173 e. The lowest BCUT2D eigenvalue weighted by atomic mass is 10.0. The Kier molecular flexibility index (Phi) is 8.18. The van der Waals surface area contributed by atoms with Crippen LogP contribution in [0.2, 0.25) is 5.02 Å². The molecular formula is C29H31ClN6. The molecular weight excluding hydrogens is 468 g/mol. The molecule has 1 aliphatic rings. The van der Waals surface area contributed by atoms with Crippen LogP contribution in [0.1, 0.15) is 28.6 Å². The molecule has 1 saturated heterocycles. The van der Waals surface area contributed by atoms with E-state index in [1.165, 1.54) is 16.7 Å². The lowest BCUT2D eigenvalue weighted by Gasteiger charge is -2.38. The number of tetrazole rings is 1. The Morgan fingerprint density at radius 1 is 0.833 bits per heavy atom. The van der Waals surface area contributed by atoms with Gasteiger partial charge in [-0.1, -0.05) is 96.5 Å². The first kappa shape index (κ1) is 24.4. The zero-order chi connectivity index (χ0) is 24.6. The first-order valence-corrected chi connectivity index (χ1v) is 12.9. The fourth-order valence-electron chi connectivity index (χ4n) is 4.72. The van der Waals surface area contributed by atoms with Crippen molar-refractivity contribution in [3.05, 3.63) is 119 Å². The van der Waals surface area contributed by atoms with Crippen molar-refractivity contribution in [3.8, 4) is 0 Å². The summed E-state index contributed by atoms with van der Waals surface area (Å²) in [6.45, 7) is 5.62. The molecule has 0 bridgehead atoms. The highest BCUT2D eigenvalue weighted by molar-refractivity contribution is 6.30. The highest BCUT2D eigenvalue weighted by Gasteiger charge is 2.30. The average molecular weight is 499 g/mol. The number of nitrogens with zero attached hydrogens (tertiary/aromatic N) is 6. The van der Waals surface area contributed by atoms with E-state index >= 15 is 0 Å². The van der Waals surface area contributed by atoms with E-state index in [-0.39, 0.29) is 6.04 Å². The molecule has 1 fully saturated rings. The summed E-state index contributed by atoms with van der Waals surface area (Å²) in [6.07, 6.45) is 5.31. The number of benzene rings is 3. The maximum atomic E-state index is 6.05. The molecule has 6 nitrogen and oxygen atoms in total. The van der Waals surface area contributed by atoms with E-state index in [1.807, 2.05) is 22.9 Å². The van der Waals surface area contributed by atoms with E-state index in [9.17, 15) is 0 Å². The van der Waals surface area contributed by atoms with Gasteiger partial charge in [0, 0.05) is 44.3 Å². The summed E-state index contributed by atoms with van der Waals surface area (Å²) in [5, 5.41) is 13.7. The predicted octanol–water partition coefficient (Wildman–Crippen LogP) is 4.99. The average Bonchev–Trinajstić information content (AvgIpc) is 3.39. The standard InChI is InChI=1S/C29H31ClN6/c30-27-15-13-25(14-16-27)17-19-36-29(31-32-33-36)28(26-11-5-2-6-12-26)35-22-20-34(21-23-35)18-7-10-24-8-3-1-4-9-24/h1-16,28H,17-23H2. The third-order valence-electron chi connectivity index (χ3n) is 6.69. The molecule has 1 unspecified atom stereocenters. The third-order valence-corrected chi connectivity index (χ3v) is 6.94. The second-order valence-corrected chi connectivity index (χ2v) is 9.54. The van der Waals surface area contributed by atoms with Crippen molar-refractivity contribution in [3.63, 3.8) is 0 Å². The summed E-state index contributed by atoms with van der Waals surface area (Å²) in [6, 6.07) is 29.1. The van der Waals surface area contributed by atoms with Gasteiger partial charge in [0.2, 0.25) is 0 Å². The molecule has 184 valence electrons. The second-order valence-electron chi connectivity index (χ2n) is 9.10. The van der Waals surface area contributed by atoms with Crippen molar-refractivity contribution in [2.45, 2.75) is 19.0 Å². The van der Waals surface area contributed by atoms with Crippen molar-refractivity contribution in [1.82, 2.24) is 30.0 Å². The van der Waals surface area contributed by atoms with Crippen LogP contribution in [-0.2, 0) is 13.0 Å². The van der Waals surface area contributed by atoms with Crippen LogP contribution in [0.3, 0.4) is 0 Å². The topological polar surface area (TPSA) is 50.1 Å². The minimum absolute atomic E-state index is 0.0217. The Bertz CT molecular complexity index is 1230. The van der Waals surface area contributed by atoms with Crippen molar-refractivity contribution in [2.24, 2.45) is 0 Å². The second kappa shape index (κ2) is 12.1. The molecule has 0 amide bonds. The van der Waals surface area contributed by atoms with Crippen LogP contribution >= 0.6 is 11.6 Å². The Morgan fingerprint density at radius 2 is 1.53 bits per heavy atom. The van der Waals surface area contributed by atoms with E-state index in [4.69, 9.17) is 11.6 Å². The third kappa shape index (κ3) is 6.26. The number of rotatable bonds is 9. The molecule has 3 aromatic carbocycles. The van der Waals surface area contributed by atoms with Crippen LogP contribution in [-0.4, -0.2) is 62.7 Å². The molecule has 4 aromatic rings. The van der Waals surface area contributed by atoms with Crippen LogP contribution in [0, 0.1) is 0 Å². The minimum Gasteiger partial charge on any atom is -0.297 e. The number of hydrogen-bond acceptors (Lipinski definition) is 5. The van der Waals surface area contributed by atoms with Gasteiger partial charge in [0.05, 0.1) is 6.04 Å². The molecule has 1 aromatic heterocycles. The Labute approximate surface area is 217 Å². The van der Waals surface area contributed by atoms with Gasteiger partial charge in [-0.2, -0.15) is 0 Å². The monoisotopic (exact) mass is 498 g/mol. The SMILES string of the molecule is Clc1ccc(CCn2nnnc2C(c2ccccc2)N2CCN(CC=Cc3ccccc3)CC2)cc1. The highest BCUT2D eigenvalue weighted by atomic mass is 35.5. The number of aromatic nitrogens is 4. The quantitative estimate of drug-likeness (QED) is 0.325. The normalized spacial score (nSPS) is 15.9. The minimum atomic E-state index is 0.0217. The fourth-order valence-corrected chi connectivity index (χ4v) is 4.84. The van der Waals surface area contributed by atoms with E-state index in [0.29, 0.717) is 0 Å². The Hall–Kier alpha value is -3.32. The first-order chi connectivity index (χ1) is 17.8. The summed E-state index contributed by atoms with van der Waals surface area (Å²) in [7, 11) is 0. The van der Waals surface area contributed by atoms with Crippen LogP contribution in [0.25, 0.3) is 6.08 Å². The van der Waals surface area contributed by atoms with E-state index < -0.39 is 0 Å². The largest absolute Gasteiger partial charge is 0.297 e. The van der Waals surface area contributed by atoms with E-state index in [0.717, 1.165) is 56.5 Å². The molecule has 0 spiro atoms. The summed E-state index contributed by atoms with van der Waals surface area (Å²) < 4.78 is 1.96. The van der Waals surface area contributed by atoms with Gasteiger partial charge in [-0.3, -0.25) is 9.80 Å². The van der Waals surface area contributed by atoms with Crippen LogP contribution in [0.5, 0.6) is 0 Å². The maximum Gasteiger partial charge on any atom is 0.173 e. The molecule has 0 aliphatic carbocycles. The zero-order valence-corrected chi connectivity index (χ0v) is 21.1. The van der Waals surface area contributed by atoms with Crippen LogP contribution < -0.4 is 0 Å². The molecule has 1 aliphatic heterocycles. The molecule has 0 N–H and O–H groups in total. The Morgan fingerprint density at radius 3 is 2.25 bits per heavy atom. The fraction of sp³-hybridized carbons (Fsp3) is 0.276. The molecule has 0 saturated carbocycles. The summed E-state index contributed by atoms with van der Waals surface area (Å²) in [5.74, 6) is 0.896. The molecule has 2 heterocycles. The number of halogens is 1. The van der Waals surface area contributed by atoms with Gasteiger partial charge in [-0.25, -0.2) is 4.68 Å². The lowest BCUT2D eigenvalue weighted by molar-refractivity contribution is 0.112. The van der Waals surface area contributed by atoms with Crippen molar-refractivity contribution in [1.29, 1.82) is 0 Å². The van der Waals surface area contributed by atoms with Crippen LogP contribution in [0.15, 0.2) is 91.0 Å². The van der Waals surface area contributed by atoms with Crippen molar-refractivity contribution in [2.75, 3.05) is 32.7 Å². The van der Waals surface area contributed by atoms with Gasteiger partial charge < -0.3 is 0 Å². The number of piperazine rings is 1. The van der Waals surface area contributed by atoms with Gasteiger partial charge in [-0.05, 0) is 45.7 Å². The zero-order valence-electron chi connectivity index (χ0n) is 20.3.